The number of benzene rings is 2. The van der Waals surface area contributed by atoms with Crippen LogP contribution in [0.15, 0.2) is 65.6 Å². The summed E-state index contributed by atoms with van der Waals surface area (Å²) < 4.78 is 11.5. The van der Waals surface area contributed by atoms with Crippen molar-refractivity contribution in [3.05, 3.63) is 71.1 Å². The summed E-state index contributed by atoms with van der Waals surface area (Å²) in [6.45, 7) is 11.6. The van der Waals surface area contributed by atoms with Gasteiger partial charge in [-0.2, -0.15) is 0 Å². The van der Waals surface area contributed by atoms with Crippen LogP contribution in [0.3, 0.4) is 0 Å². The summed E-state index contributed by atoms with van der Waals surface area (Å²) in [5.41, 5.74) is 6.98. The minimum absolute atomic E-state index is 0.0416. The van der Waals surface area contributed by atoms with Gasteiger partial charge in [0, 0.05) is 23.4 Å². The number of ether oxygens (including phenoxy) is 2. The van der Waals surface area contributed by atoms with Gasteiger partial charge in [-0.05, 0) is 60.9 Å². The van der Waals surface area contributed by atoms with E-state index in [1.807, 2.05) is 87.7 Å². The summed E-state index contributed by atoms with van der Waals surface area (Å²) in [6.07, 6.45) is 2.93. The first-order valence-electron chi connectivity index (χ1n) is 15.8. The van der Waals surface area contributed by atoms with Crippen molar-refractivity contribution in [3.63, 3.8) is 0 Å². The summed E-state index contributed by atoms with van der Waals surface area (Å²) in [5, 5.41) is 16.2. The summed E-state index contributed by atoms with van der Waals surface area (Å²) in [6, 6.07) is 17.1. The maximum absolute atomic E-state index is 13.6. The van der Waals surface area contributed by atoms with Crippen molar-refractivity contribution in [2.24, 2.45) is 5.73 Å². The lowest BCUT2D eigenvalue weighted by molar-refractivity contribution is -0.141. The molecule has 2 saturated heterocycles. The zero-order chi connectivity index (χ0) is 32.1. The number of nitrogens with two attached hydrogens (primary N) is 1. The molecule has 3 unspecified atom stereocenters. The van der Waals surface area contributed by atoms with E-state index in [0.29, 0.717) is 32.6 Å². The fourth-order valence-electron chi connectivity index (χ4n) is 5.54. The van der Waals surface area contributed by atoms with E-state index in [4.69, 9.17) is 20.6 Å². The molecule has 3 aliphatic heterocycles. The van der Waals surface area contributed by atoms with Gasteiger partial charge >= 0.3 is 0 Å². The monoisotopic (exact) mass is 623 g/mol. The predicted octanol–water partition coefficient (Wildman–Crippen LogP) is 5.56. The molecule has 0 aliphatic carbocycles. The van der Waals surface area contributed by atoms with Crippen LogP contribution in [0.2, 0.25) is 0 Å². The van der Waals surface area contributed by atoms with Crippen LogP contribution >= 0.6 is 11.8 Å². The first-order chi connectivity index (χ1) is 21.4. The van der Waals surface area contributed by atoms with Gasteiger partial charge in [-0.1, -0.05) is 65.0 Å². The van der Waals surface area contributed by atoms with E-state index >= 15 is 0 Å². The van der Waals surface area contributed by atoms with Crippen LogP contribution in [0.5, 0.6) is 11.5 Å². The summed E-state index contributed by atoms with van der Waals surface area (Å²) in [4.78, 5) is 28.5. The number of amides is 2. The van der Waals surface area contributed by atoms with Gasteiger partial charge in [-0.25, -0.2) is 0 Å². The van der Waals surface area contributed by atoms with Gasteiger partial charge < -0.3 is 25.4 Å². The van der Waals surface area contributed by atoms with Crippen molar-refractivity contribution in [1.82, 2.24) is 15.5 Å². The number of carbonyl (C=O) groups is 2. The van der Waals surface area contributed by atoms with Crippen molar-refractivity contribution in [3.8, 4) is 11.5 Å². The van der Waals surface area contributed by atoms with Gasteiger partial charge in [0.15, 0.2) is 0 Å². The zero-order valence-corrected chi connectivity index (χ0v) is 27.5. The molecule has 10 heteroatoms. The van der Waals surface area contributed by atoms with E-state index in [1.54, 1.807) is 16.7 Å². The van der Waals surface area contributed by atoms with E-state index in [9.17, 15) is 9.59 Å². The van der Waals surface area contributed by atoms with Crippen LogP contribution in [0.25, 0.3) is 0 Å². The lowest BCUT2D eigenvalue weighted by Crippen LogP contribution is -2.60. The van der Waals surface area contributed by atoms with Gasteiger partial charge in [0.05, 0.1) is 25.3 Å². The van der Waals surface area contributed by atoms with E-state index in [0.717, 1.165) is 35.5 Å². The van der Waals surface area contributed by atoms with Crippen LogP contribution in [-0.2, 0) is 19.9 Å². The summed E-state index contributed by atoms with van der Waals surface area (Å²) in [5.74, 6) is 1.41. The Kier molecular flexibility index (Phi) is 13.8. The molecule has 0 spiro atoms. The molecule has 2 fully saturated rings. The summed E-state index contributed by atoms with van der Waals surface area (Å²) >= 11 is 1.59. The lowest BCUT2D eigenvalue weighted by Gasteiger charge is -2.43. The highest BCUT2D eigenvalue weighted by Gasteiger charge is 2.43. The van der Waals surface area contributed by atoms with E-state index in [1.165, 1.54) is 0 Å². The quantitative estimate of drug-likeness (QED) is 0.191. The van der Waals surface area contributed by atoms with E-state index in [-0.39, 0.29) is 35.5 Å². The molecular formula is C34H49N5O4S. The molecule has 2 aromatic rings. The average molecular weight is 624 g/mol. The Hall–Kier alpha value is -3.34. The van der Waals surface area contributed by atoms with Gasteiger partial charge in [0.25, 0.3) is 0 Å². The molecule has 0 saturated carbocycles. The Morgan fingerprint density at radius 2 is 1.70 bits per heavy atom. The van der Waals surface area contributed by atoms with Crippen molar-refractivity contribution in [2.45, 2.75) is 83.2 Å². The summed E-state index contributed by atoms with van der Waals surface area (Å²) in [7, 11) is 0. The maximum Gasteiger partial charge on any atom is 0.242 e. The molecule has 0 aromatic heterocycles. The Morgan fingerprint density at radius 3 is 2.27 bits per heavy atom. The number of para-hydroxylation sites is 1. The third kappa shape index (κ3) is 8.64. The normalized spacial score (nSPS) is 21.4. The molecular weight excluding hydrogens is 574 g/mol. The minimum atomic E-state index is -0.478. The SMILES string of the molecule is CC.CC.CCC1CCC(C(=O)NCC2CC(C(=N)N)=CS2)N1C(=O)CNC1(c2ccc(Oc3ccccc3)cc2)COC1. The minimum Gasteiger partial charge on any atom is -0.457 e. The van der Waals surface area contributed by atoms with Crippen LogP contribution < -0.4 is 21.1 Å². The number of nitrogens with zero attached hydrogens (tertiary/aromatic N) is 1. The fraction of sp³-hybridized carbons (Fsp3) is 0.500. The third-order valence-corrected chi connectivity index (χ3v) is 9.06. The van der Waals surface area contributed by atoms with Gasteiger partial charge in [-0.3, -0.25) is 20.3 Å². The molecule has 9 nitrogen and oxygen atoms in total. The molecule has 0 bridgehead atoms. The molecule has 3 atom stereocenters. The second kappa shape index (κ2) is 17.2. The van der Waals surface area contributed by atoms with Crippen LogP contribution in [0.4, 0.5) is 0 Å². The second-order valence-corrected chi connectivity index (χ2v) is 11.8. The highest BCUT2D eigenvalue weighted by Crippen LogP contribution is 2.33. The number of hydrogen-bond acceptors (Lipinski definition) is 7. The molecule has 44 heavy (non-hydrogen) atoms. The van der Waals surface area contributed by atoms with Crippen LogP contribution in [0.1, 0.15) is 65.9 Å². The van der Waals surface area contributed by atoms with Crippen LogP contribution in [-0.4, -0.2) is 66.2 Å². The van der Waals surface area contributed by atoms with Crippen LogP contribution in [0, 0.1) is 5.41 Å². The van der Waals surface area contributed by atoms with Crippen molar-refractivity contribution in [1.29, 1.82) is 5.41 Å². The first kappa shape index (κ1) is 35.1. The Labute approximate surface area is 266 Å². The van der Waals surface area contributed by atoms with Crippen molar-refractivity contribution in [2.75, 3.05) is 26.3 Å². The number of rotatable bonds is 11. The Morgan fingerprint density at radius 1 is 1.05 bits per heavy atom. The number of likely N-dealkylation sites (tertiary alicyclic amines) is 1. The Balaban J connectivity index is 0.00000127. The second-order valence-electron chi connectivity index (χ2n) is 10.6. The standard InChI is InChI=1S/C30H37N5O4S.2C2H6/c1-2-22-10-13-26(29(37)33-15-25-14-20(17-40-25)28(31)32)35(22)27(36)16-34-30(18-38-19-30)21-8-11-24(12-9-21)39-23-6-4-3-5-7-23;2*1-2/h3-9,11-12,17,22,25-26,34H,2,10,13-16,18-19H2,1H3,(H3,31,32)(H,33,37);2*1-2H3. The fourth-order valence-corrected chi connectivity index (χ4v) is 6.58. The van der Waals surface area contributed by atoms with Gasteiger partial charge in [-0.15, -0.1) is 11.8 Å². The zero-order valence-electron chi connectivity index (χ0n) is 26.7. The molecule has 240 valence electrons. The number of carbonyl (C=O) groups excluding carboxylic acids is 2. The van der Waals surface area contributed by atoms with Gasteiger partial charge in [0.2, 0.25) is 11.8 Å². The van der Waals surface area contributed by atoms with Crippen molar-refractivity contribution < 1.29 is 19.1 Å². The maximum atomic E-state index is 13.6. The topological polar surface area (TPSA) is 130 Å². The average Bonchev–Trinajstić information content (AvgIpc) is 3.70. The third-order valence-electron chi connectivity index (χ3n) is 7.93. The Bertz CT molecular complexity index is 1250. The number of amidine groups is 1. The van der Waals surface area contributed by atoms with E-state index in [2.05, 4.69) is 17.6 Å². The highest BCUT2D eigenvalue weighted by atomic mass is 32.2. The lowest BCUT2D eigenvalue weighted by atomic mass is 9.88. The van der Waals surface area contributed by atoms with Gasteiger partial charge in [0.1, 0.15) is 23.4 Å². The molecule has 2 amide bonds. The molecule has 5 N–H and O–H groups in total. The largest absolute Gasteiger partial charge is 0.457 e. The first-order valence-corrected chi connectivity index (χ1v) is 16.8. The molecule has 5 rings (SSSR count). The smallest absolute Gasteiger partial charge is 0.242 e. The number of thioether (sulfide) groups is 1. The number of nitrogens with one attached hydrogen (secondary N) is 3. The molecule has 2 aromatic carbocycles. The predicted molar refractivity (Wildman–Crippen MR) is 179 cm³/mol. The molecule has 3 heterocycles. The number of hydrogen-bond donors (Lipinski definition) is 4. The molecule has 3 aliphatic rings. The highest BCUT2D eigenvalue weighted by molar-refractivity contribution is 8.03. The van der Waals surface area contributed by atoms with E-state index < -0.39 is 11.6 Å². The molecule has 0 radical (unpaired) electrons. The van der Waals surface area contributed by atoms with Crippen molar-refractivity contribution >= 4 is 29.4 Å².